The fourth-order valence-electron chi connectivity index (χ4n) is 2.66. The molecular weight excluding hydrogens is 407 g/mol. The second-order valence-corrected chi connectivity index (χ2v) is 7.60. The molecule has 0 bridgehead atoms. The highest BCUT2D eigenvalue weighted by Crippen LogP contribution is 2.26. The van der Waals surface area contributed by atoms with Gasteiger partial charge >= 0.3 is 0 Å². The molecule has 0 saturated carbocycles. The minimum atomic E-state index is -0.244. The molecule has 0 heterocycles. The van der Waals surface area contributed by atoms with Crippen molar-refractivity contribution in [3.8, 4) is 5.75 Å². The number of carbonyl (C=O) groups is 1. The number of hydrogen-bond acceptors (Lipinski definition) is 3. The van der Waals surface area contributed by atoms with Crippen LogP contribution in [0.1, 0.15) is 16.7 Å². The van der Waals surface area contributed by atoms with Crippen LogP contribution in [0.2, 0.25) is 10.0 Å². The van der Waals surface area contributed by atoms with Crippen LogP contribution < -0.4 is 15.4 Å². The molecule has 4 nitrogen and oxygen atoms in total. The lowest BCUT2D eigenvalue weighted by Gasteiger charge is -2.11. The topological polar surface area (TPSA) is 50.4 Å². The number of halogens is 2. The number of anilines is 2. The molecule has 3 aromatic carbocycles. The molecule has 0 aromatic heterocycles. The summed E-state index contributed by atoms with van der Waals surface area (Å²) < 4.78 is 5.56. The summed E-state index contributed by atoms with van der Waals surface area (Å²) in [6.45, 7) is 4.43. The van der Waals surface area contributed by atoms with Crippen molar-refractivity contribution in [3.63, 3.8) is 0 Å². The van der Waals surface area contributed by atoms with Crippen molar-refractivity contribution in [3.05, 3.63) is 87.4 Å². The van der Waals surface area contributed by atoms with E-state index in [1.54, 1.807) is 6.07 Å². The van der Waals surface area contributed by atoms with E-state index in [1.807, 2.05) is 68.4 Å². The molecule has 0 spiro atoms. The average Bonchev–Trinajstić information content (AvgIpc) is 2.70. The monoisotopic (exact) mass is 428 g/mol. The maximum Gasteiger partial charge on any atom is 0.262 e. The zero-order chi connectivity index (χ0) is 20.8. The minimum Gasteiger partial charge on any atom is -0.482 e. The summed E-state index contributed by atoms with van der Waals surface area (Å²) in [5.74, 6) is 0.222. The van der Waals surface area contributed by atoms with E-state index in [9.17, 15) is 4.79 Å². The molecule has 0 aliphatic rings. The fourth-order valence-corrected chi connectivity index (χ4v) is 3.09. The van der Waals surface area contributed by atoms with Gasteiger partial charge in [-0.05, 0) is 61.4 Å². The summed E-state index contributed by atoms with van der Waals surface area (Å²) in [6, 6.07) is 18.9. The van der Waals surface area contributed by atoms with Gasteiger partial charge in [-0.1, -0.05) is 53.0 Å². The molecule has 3 aromatic rings. The highest BCUT2D eigenvalue weighted by Gasteiger charge is 2.08. The lowest BCUT2D eigenvalue weighted by Crippen LogP contribution is -2.20. The number of ether oxygens (including phenoxy) is 1. The maximum absolute atomic E-state index is 12.1. The standard InChI is InChI=1S/C23H22Cl2N2O2/c1-15-3-7-18(8-4-15)27-23(28)14-29-22-10-6-17(11-21(22)25)13-26-19-9-5-16(2)20(24)12-19/h3-12,26H,13-14H2,1-2H3,(H,27,28). The molecule has 3 rings (SSSR count). The Morgan fingerprint density at radius 1 is 0.897 bits per heavy atom. The first kappa shape index (κ1) is 21.0. The van der Waals surface area contributed by atoms with Gasteiger partial charge < -0.3 is 15.4 Å². The van der Waals surface area contributed by atoms with Gasteiger partial charge in [-0.3, -0.25) is 4.79 Å². The van der Waals surface area contributed by atoms with Crippen molar-refractivity contribution in [2.75, 3.05) is 17.2 Å². The summed E-state index contributed by atoms with van der Waals surface area (Å²) in [5, 5.41) is 7.27. The molecule has 0 aliphatic heterocycles. The quantitative estimate of drug-likeness (QED) is 0.468. The van der Waals surface area contributed by atoms with Crippen molar-refractivity contribution < 1.29 is 9.53 Å². The van der Waals surface area contributed by atoms with Gasteiger partial charge in [0.05, 0.1) is 5.02 Å². The van der Waals surface area contributed by atoms with Gasteiger partial charge in [0.15, 0.2) is 6.61 Å². The van der Waals surface area contributed by atoms with Crippen LogP contribution in [0.4, 0.5) is 11.4 Å². The lowest BCUT2D eigenvalue weighted by atomic mass is 10.2. The zero-order valence-electron chi connectivity index (χ0n) is 16.3. The Morgan fingerprint density at radius 3 is 2.31 bits per heavy atom. The van der Waals surface area contributed by atoms with E-state index >= 15 is 0 Å². The molecular formula is C23H22Cl2N2O2. The Bertz CT molecular complexity index is 1000. The van der Waals surface area contributed by atoms with Crippen LogP contribution in [0.3, 0.4) is 0 Å². The van der Waals surface area contributed by atoms with E-state index in [4.69, 9.17) is 27.9 Å². The smallest absolute Gasteiger partial charge is 0.262 e. The molecule has 0 aliphatic carbocycles. The molecule has 6 heteroatoms. The Kier molecular flexibility index (Phi) is 7.02. The average molecular weight is 429 g/mol. The Balaban J connectivity index is 1.52. The van der Waals surface area contributed by atoms with Gasteiger partial charge in [0.25, 0.3) is 5.91 Å². The van der Waals surface area contributed by atoms with Gasteiger partial charge in [-0.2, -0.15) is 0 Å². The molecule has 29 heavy (non-hydrogen) atoms. The normalized spacial score (nSPS) is 10.5. The van der Waals surface area contributed by atoms with Crippen LogP contribution in [0, 0.1) is 13.8 Å². The van der Waals surface area contributed by atoms with E-state index in [2.05, 4.69) is 10.6 Å². The summed E-state index contributed by atoms with van der Waals surface area (Å²) in [7, 11) is 0. The Morgan fingerprint density at radius 2 is 1.62 bits per heavy atom. The maximum atomic E-state index is 12.1. The Labute approximate surface area is 180 Å². The van der Waals surface area contributed by atoms with E-state index in [1.165, 1.54) is 0 Å². The number of carbonyl (C=O) groups excluding carboxylic acids is 1. The highest BCUT2D eigenvalue weighted by molar-refractivity contribution is 6.32. The van der Waals surface area contributed by atoms with Crippen LogP contribution in [-0.2, 0) is 11.3 Å². The van der Waals surface area contributed by atoms with Crippen LogP contribution in [0.25, 0.3) is 0 Å². The number of hydrogen-bond donors (Lipinski definition) is 2. The van der Waals surface area contributed by atoms with Crippen LogP contribution in [0.5, 0.6) is 5.75 Å². The van der Waals surface area contributed by atoms with E-state index in [0.29, 0.717) is 17.3 Å². The number of nitrogens with one attached hydrogen (secondary N) is 2. The zero-order valence-corrected chi connectivity index (χ0v) is 17.8. The highest BCUT2D eigenvalue weighted by atomic mass is 35.5. The Hall–Kier alpha value is -2.69. The first-order chi connectivity index (χ1) is 13.9. The fraction of sp³-hybridized carbons (Fsp3) is 0.174. The molecule has 1 amide bonds. The van der Waals surface area contributed by atoms with Crippen molar-refractivity contribution >= 4 is 40.5 Å². The van der Waals surface area contributed by atoms with Crippen molar-refractivity contribution in [1.29, 1.82) is 0 Å². The van der Waals surface area contributed by atoms with Gasteiger partial charge in [0.1, 0.15) is 5.75 Å². The van der Waals surface area contributed by atoms with Gasteiger partial charge in [-0.15, -0.1) is 0 Å². The molecule has 0 unspecified atom stereocenters. The molecule has 0 fully saturated rings. The van der Waals surface area contributed by atoms with E-state index < -0.39 is 0 Å². The van der Waals surface area contributed by atoms with Gasteiger partial charge in [0, 0.05) is 22.9 Å². The van der Waals surface area contributed by atoms with Gasteiger partial charge in [-0.25, -0.2) is 0 Å². The predicted octanol–water partition coefficient (Wildman–Crippen LogP) is 6.24. The third-order valence-electron chi connectivity index (χ3n) is 4.36. The third kappa shape index (κ3) is 6.14. The minimum absolute atomic E-state index is 0.118. The summed E-state index contributed by atoms with van der Waals surface area (Å²) in [6.07, 6.45) is 0. The summed E-state index contributed by atoms with van der Waals surface area (Å²) in [5.41, 5.74) is 4.82. The number of rotatable bonds is 7. The molecule has 2 N–H and O–H groups in total. The predicted molar refractivity (Wildman–Crippen MR) is 120 cm³/mol. The first-order valence-corrected chi connectivity index (χ1v) is 9.94. The largest absolute Gasteiger partial charge is 0.482 e. The second kappa shape index (κ2) is 9.68. The number of aryl methyl sites for hydroxylation is 2. The second-order valence-electron chi connectivity index (χ2n) is 6.79. The van der Waals surface area contributed by atoms with Crippen LogP contribution >= 0.6 is 23.2 Å². The first-order valence-electron chi connectivity index (χ1n) is 9.18. The van der Waals surface area contributed by atoms with Crippen molar-refractivity contribution in [2.24, 2.45) is 0 Å². The summed E-state index contributed by atoms with van der Waals surface area (Å²) in [4.78, 5) is 12.1. The van der Waals surface area contributed by atoms with Gasteiger partial charge in [0.2, 0.25) is 0 Å². The van der Waals surface area contributed by atoms with Crippen LogP contribution in [0.15, 0.2) is 60.7 Å². The van der Waals surface area contributed by atoms with Crippen molar-refractivity contribution in [2.45, 2.75) is 20.4 Å². The third-order valence-corrected chi connectivity index (χ3v) is 5.06. The van der Waals surface area contributed by atoms with Crippen molar-refractivity contribution in [1.82, 2.24) is 0 Å². The van der Waals surface area contributed by atoms with E-state index in [-0.39, 0.29) is 12.5 Å². The van der Waals surface area contributed by atoms with E-state index in [0.717, 1.165) is 33.1 Å². The molecule has 150 valence electrons. The number of amides is 1. The molecule has 0 saturated heterocycles. The molecule has 0 radical (unpaired) electrons. The molecule has 0 atom stereocenters. The number of benzene rings is 3. The SMILES string of the molecule is Cc1ccc(NC(=O)COc2ccc(CNc3ccc(C)c(Cl)c3)cc2Cl)cc1. The summed E-state index contributed by atoms with van der Waals surface area (Å²) >= 11 is 12.5. The van der Waals surface area contributed by atoms with Crippen LogP contribution in [-0.4, -0.2) is 12.5 Å². The lowest BCUT2D eigenvalue weighted by molar-refractivity contribution is -0.118.